The topological polar surface area (TPSA) is 75.7 Å². The Labute approximate surface area is 130 Å². The number of nitrogens with zero attached hydrogens (tertiary/aromatic N) is 1. The van der Waals surface area contributed by atoms with E-state index >= 15 is 0 Å². The number of esters is 1. The van der Waals surface area contributed by atoms with Gasteiger partial charge in [0.2, 0.25) is 11.8 Å². The largest absolute Gasteiger partial charge is 0.465 e. The summed E-state index contributed by atoms with van der Waals surface area (Å²) in [6, 6.07) is 6.41. The fourth-order valence-electron chi connectivity index (χ4n) is 1.90. The molecule has 0 aromatic heterocycles. The first-order chi connectivity index (χ1) is 10.1. The average Bonchev–Trinajstić information content (AvgIpc) is 2.41. The van der Waals surface area contributed by atoms with Gasteiger partial charge in [-0.15, -0.1) is 0 Å². The number of anilines is 1. The monoisotopic (exact) mass is 306 g/mol. The first-order valence-corrected chi connectivity index (χ1v) is 6.91. The zero-order valence-electron chi connectivity index (χ0n) is 13.6. The van der Waals surface area contributed by atoms with Gasteiger partial charge in [-0.25, -0.2) is 4.79 Å². The van der Waals surface area contributed by atoms with E-state index in [0.717, 1.165) is 0 Å². The molecule has 0 saturated carbocycles. The third kappa shape index (κ3) is 5.20. The lowest BCUT2D eigenvalue weighted by Crippen LogP contribution is -2.47. The van der Waals surface area contributed by atoms with Crippen LogP contribution in [0, 0.1) is 0 Å². The number of methoxy groups -OCH3 is 1. The number of rotatable bonds is 4. The molecule has 0 spiro atoms. The van der Waals surface area contributed by atoms with Crippen LogP contribution in [0.25, 0.3) is 0 Å². The Balaban J connectivity index is 2.99. The quantitative estimate of drug-likeness (QED) is 0.860. The van der Waals surface area contributed by atoms with Crippen molar-refractivity contribution in [2.24, 2.45) is 0 Å². The molecule has 0 aliphatic heterocycles. The molecule has 22 heavy (non-hydrogen) atoms. The lowest BCUT2D eigenvalue weighted by atomic mass is 10.1. The molecule has 0 unspecified atom stereocenters. The maximum absolute atomic E-state index is 12.0. The van der Waals surface area contributed by atoms with E-state index in [-0.39, 0.29) is 23.9 Å². The lowest BCUT2D eigenvalue weighted by molar-refractivity contribution is -0.124. The van der Waals surface area contributed by atoms with Crippen molar-refractivity contribution < 1.29 is 19.1 Å². The molecule has 6 heteroatoms. The molecule has 0 heterocycles. The van der Waals surface area contributed by atoms with E-state index < -0.39 is 5.97 Å². The average molecular weight is 306 g/mol. The van der Waals surface area contributed by atoms with Crippen molar-refractivity contribution in [2.75, 3.05) is 18.6 Å². The Kier molecular flexibility index (Phi) is 5.68. The van der Waals surface area contributed by atoms with Crippen molar-refractivity contribution in [3.05, 3.63) is 29.8 Å². The van der Waals surface area contributed by atoms with Gasteiger partial charge in [0.15, 0.2) is 0 Å². The highest BCUT2D eigenvalue weighted by atomic mass is 16.5. The number of hydrogen-bond donors (Lipinski definition) is 1. The molecule has 2 amide bonds. The van der Waals surface area contributed by atoms with E-state index in [1.54, 1.807) is 18.2 Å². The number of nitrogens with one attached hydrogen (secondary N) is 1. The molecule has 1 N–H and O–H groups in total. The van der Waals surface area contributed by atoms with Crippen LogP contribution < -0.4 is 10.2 Å². The molecule has 1 aromatic carbocycles. The van der Waals surface area contributed by atoms with Crippen LogP contribution >= 0.6 is 0 Å². The Morgan fingerprint density at radius 3 is 2.36 bits per heavy atom. The van der Waals surface area contributed by atoms with E-state index in [0.29, 0.717) is 11.3 Å². The van der Waals surface area contributed by atoms with E-state index in [2.05, 4.69) is 10.1 Å². The predicted octanol–water partition coefficient (Wildman–Crippen LogP) is 1.74. The Hall–Kier alpha value is -2.37. The van der Waals surface area contributed by atoms with Crippen LogP contribution in [0.15, 0.2) is 24.3 Å². The van der Waals surface area contributed by atoms with Crippen molar-refractivity contribution in [1.82, 2.24) is 5.32 Å². The van der Waals surface area contributed by atoms with Crippen LogP contribution in [0.1, 0.15) is 38.1 Å². The summed E-state index contributed by atoms with van der Waals surface area (Å²) in [7, 11) is 1.29. The van der Waals surface area contributed by atoms with Gasteiger partial charge < -0.3 is 15.0 Å². The summed E-state index contributed by atoms with van der Waals surface area (Å²) in [5.41, 5.74) is 0.412. The molecule has 0 atom stereocenters. The Morgan fingerprint density at radius 2 is 1.86 bits per heavy atom. The minimum atomic E-state index is -0.496. The molecule has 0 saturated heterocycles. The minimum Gasteiger partial charge on any atom is -0.465 e. The zero-order valence-corrected chi connectivity index (χ0v) is 13.6. The summed E-state index contributed by atoms with van der Waals surface area (Å²) >= 11 is 0. The smallest absolute Gasteiger partial charge is 0.337 e. The van der Waals surface area contributed by atoms with Gasteiger partial charge in [0.25, 0.3) is 0 Å². The van der Waals surface area contributed by atoms with E-state index in [1.165, 1.54) is 25.0 Å². The molecule has 6 nitrogen and oxygen atoms in total. The number of carbonyl (C=O) groups is 3. The lowest BCUT2D eigenvalue weighted by Gasteiger charge is -2.25. The van der Waals surface area contributed by atoms with Gasteiger partial charge in [0.1, 0.15) is 6.54 Å². The predicted molar refractivity (Wildman–Crippen MR) is 83.7 cm³/mol. The highest BCUT2D eigenvalue weighted by Crippen LogP contribution is 2.17. The fourth-order valence-corrected chi connectivity index (χ4v) is 1.90. The molecule has 1 rings (SSSR count). The third-order valence-corrected chi connectivity index (χ3v) is 2.78. The van der Waals surface area contributed by atoms with E-state index in [9.17, 15) is 14.4 Å². The molecule has 0 aliphatic rings. The van der Waals surface area contributed by atoms with Crippen molar-refractivity contribution in [3.8, 4) is 0 Å². The van der Waals surface area contributed by atoms with Gasteiger partial charge in [0, 0.05) is 18.2 Å². The van der Waals surface area contributed by atoms with Crippen LogP contribution in [0.2, 0.25) is 0 Å². The minimum absolute atomic E-state index is 0.114. The van der Waals surface area contributed by atoms with Crippen molar-refractivity contribution in [2.45, 2.75) is 33.2 Å². The first kappa shape index (κ1) is 17.7. The van der Waals surface area contributed by atoms with Crippen LogP contribution in [0.3, 0.4) is 0 Å². The molecule has 0 radical (unpaired) electrons. The normalized spacial score (nSPS) is 10.8. The third-order valence-electron chi connectivity index (χ3n) is 2.78. The van der Waals surface area contributed by atoms with Crippen molar-refractivity contribution in [3.63, 3.8) is 0 Å². The van der Waals surface area contributed by atoms with Gasteiger partial charge in [-0.05, 0) is 39.0 Å². The van der Waals surface area contributed by atoms with Crippen LogP contribution in [0.5, 0.6) is 0 Å². The maximum Gasteiger partial charge on any atom is 0.337 e. The van der Waals surface area contributed by atoms with Gasteiger partial charge in [-0.3, -0.25) is 9.59 Å². The Bertz CT molecular complexity index is 576. The van der Waals surface area contributed by atoms with Gasteiger partial charge >= 0.3 is 5.97 Å². The number of benzene rings is 1. The molecule has 0 fully saturated rings. The maximum atomic E-state index is 12.0. The standard InChI is InChI=1S/C16H22N2O4/c1-11(19)18(10-14(20)17-16(2,3)4)13-8-6-7-12(9-13)15(21)22-5/h6-9H,10H2,1-5H3,(H,17,20). The molecular formula is C16H22N2O4. The summed E-state index contributed by atoms with van der Waals surface area (Å²) in [6.07, 6.45) is 0. The van der Waals surface area contributed by atoms with Crippen LogP contribution in [0.4, 0.5) is 5.69 Å². The molecule has 0 bridgehead atoms. The fraction of sp³-hybridized carbons (Fsp3) is 0.438. The van der Waals surface area contributed by atoms with E-state index in [1.807, 2.05) is 20.8 Å². The number of ether oxygens (including phenoxy) is 1. The van der Waals surface area contributed by atoms with Gasteiger partial charge in [0.05, 0.1) is 12.7 Å². The number of carbonyl (C=O) groups excluding carboxylic acids is 3. The molecular weight excluding hydrogens is 284 g/mol. The van der Waals surface area contributed by atoms with Crippen LogP contribution in [-0.2, 0) is 14.3 Å². The SMILES string of the molecule is COC(=O)c1cccc(N(CC(=O)NC(C)(C)C)C(C)=O)c1. The van der Waals surface area contributed by atoms with Crippen molar-refractivity contribution >= 4 is 23.5 Å². The first-order valence-electron chi connectivity index (χ1n) is 6.91. The Morgan fingerprint density at radius 1 is 1.23 bits per heavy atom. The second-order valence-corrected chi connectivity index (χ2v) is 5.95. The second-order valence-electron chi connectivity index (χ2n) is 5.95. The van der Waals surface area contributed by atoms with Gasteiger partial charge in [-0.2, -0.15) is 0 Å². The summed E-state index contributed by atoms with van der Waals surface area (Å²) in [6.45, 7) is 6.84. The summed E-state index contributed by atoms with van der Waals surface area (Å²) in [5, 5.41) is 2.80. The molecule has 1 aromatic rings. The number of amides is 2. The highest BCUT2D eigenvalue weighted by Gasteiger charge is 2.20. The highest BCUT2D eigenvalue weighted by molar-refractivity contribution is 5.99. The summed E-state index contributed by atoms with van der Waals surface area (Å²) in [4.78, 5) is 36.7. The number of hydrogen-bond acceptors (Lipinski definition) is 4. The van der Waals surface area contributed by atoms with E-state index in [4.69, 9.17) is 0 Å². The zero-order chi connectivity index (χ0) is 16.9. The van der Waals surface area contributed by atoms with Gasteiger partial charge in [-0.1, -0.05) is 6.07 Å². The molecule has 0 aliphatic carbocycles. The summed E-state index contributed by atoms with van der Waals surface area (Å²) < 4.78 is 4.66. The molecule has 120 valence electrons. The second kappa shape index (κ2) is 7.06. The van der Waals surface area contributed by atoms with Crippen LogP contribution in [-0.4, -0.2) is 37.0 Å². The summed E-state index contributed by atoms with van der Waals surface area (Å²) in [5.74, 6) is -1.05. The van der Waals surface area contributed by atoms with Crippen molar-refractivity contribution in [1.29, 1.82) is 0 Å².